The van der Waals surface area contributed by atoms with Gasteiger partial charge in [0.05, 0.1) is 10.0 Å². The Kier molecular flexibility index (Phi) is 3.47. The zero-order chi connectivity index (χ0) is 10.0. The van der Waals surface area contributed by atoms with Crippen LogP contribution in [0.25, 0.3) is 0 Å². The van der Waals surface area contributed by atoms with Crippen molar-refractivity contribution in [3.63, 3.8) is 0 Å². The van der Waals surface area contributed by atoms with Crippen molar-refractivity contribution in [1.29, 1.82) is 0 Å². The van der Waals surface area contributed by atoms with Crippen LogP contribution in [0.5, 0.6) is 0 Å². The quantitative estimate of drug-likeness (QED) is 0.770. The van der Waals surface area contributed by atoms with E-state index >= 15 is 0 Å². The second-order valence-electron chi connectivity index (χ2n) is 2.42. The minimum atomic E-state index is -0.869. The number of hydrogen-bond donors (Lipinski definition) is 1. The number of benzene rings is 1. The highest BCUT2D eigenvalue weighted by atomic mass is 35.5. The third-order valence-electron chi connectivity index (χ3n) is 1.56. The Hall–Kier alpha value is -0.380. The van der Waals surface area contributed by atoms with Crippen LogP contribution in [0.15, 0.2) is 6.07 Å². The molecule has 0 aliphatic rings. The zero-order valence-corrected chi connectivity index (χ0v) is 7.96. The van der Waals surface area contributed by atoms with Crippen LogP contribution in [0.1, 0.15) is 5.56 Å². The van der Waals surface area contributed by atoms with Crippen LogP contribution in [0, 0.1) is 11.6 Å². The van der Waals surface area contributed by atoms with Crippen molar-refractivity contribution in [2.45, 2.75) is 6.42 Å². The van der Waals surface area contributed by atoms with Gasteiger partial charge >= 0.3 is 0 Å². The van der Waals surface area contributed by atoms with E-state index < -0.39 is 11.6 Å². The maximum Gasteiger partial charge on any atom is 0.145 e. The molecule has 13 heavy (non-hydrogen) atoms. The van der Waals surface area contributed by atoms with Crippen LogP contribution in [0.2, 0.25) is 10.0 Å². The maximum absolute atomic E-state index is 12.8. The first-order valence-corrected chi connectivity index (χ1v) is 4.26. The predicted molar refractivity (Wildman–Crippen MR) is 47.2 cm³/mol. The summed E-state index contributed by atoms with van der Waals surface area (Å²) in [4.78, 5) is 0. The minimum absolute atomic E-state index is 0.0341. The van der Waals surface area contributed by atoms with Gasteiger partial charge in [0.25, 0.3) is 0 Å². The molecule has 0 aliphatic carbocycles. The molecule has 0 spiro atoms. The van der Waals surface area contributed by atoms with E-state index in [0.717, 1.165) is 0 Å². The number of rotatable bonds is 2. The first kappa shape index (κ1) is 10.7. The first-order valence-electron chi connectivity index (χ1n) is 3.50. The van der Waals surface area contributed by atoms with E-state index in [2.05, 4.69) is 0 Å². The molecule has 0 amide bonds. The zero-order valence-electron chi connectivity index (χ0n) is 6.45. The van der Waals surface area contributed by atoms with Crippen molar-refractivity contribution in [3.05, 3.63) is 33.3 Å². The maximum atomic E-state index is 12.8. The number of aliphatic hydroxyl groups excluding tert-OH is 1. The summed E-state index contributed by atoms with van der Waals surface area (Å²) in [5.74, 6) is -1.74. The average molecular weight is 227 g/mol. The van der Waals surface area contributed by atoms with Crippen LogP contribution in [-0.4, -0.2) is 11.7 Å². The Balaban J connectivity index is 3.28. The summed E-state index contributed by atoms with van der Waals surface area (Å²) in [5, 5.41) is 8.12. The second-order valence-corrected chi connectivity index (χ2v) is 3.18. The van der Waals surface area contributed by atoms with Crippen LogP contribution >= 0.6 is 23.2 Å². The molecule has 0 aliphatic heterocycles. The largest absolute Gasteiger partial charge is 0.396 e. The summed E-state index contributed by atoms with van der Waals surface area (Å²) >= 11 is 11.0. The summed E-state index contributed by atoms with van der Waals surface area (Å²) in [5.41, 5.74) is 0.100. The fourth-order valence-electron chi connectivity index (χ4n) is 0.954. The molecule has 5 heteroatoms. The van der Waals surface area contributed by atoms with Crippen molar-refractivity contribution >= 4 is 23.2 Å². The van der Waals surface area contributed by atoms with Crippen molar-refractivity contribution in [3.8, 4) is 0 Å². The summed E-state index contributed by atoms with van der Waals surface area (Å²) in [7, 11) is 0. The fraction of sp³-hybridized carbons (Fsp3) is 0.250. The van der Waals surface area contributed by atoms with Crippen LogP contribution in [-0.2, 0) is 6.42 Å². The summed E-state index contributed by atoms with van der Waals surface area (Å²) in [6.07, 6.45) is 0.0341. The molecule has 0 bridgehead atoms. The summed E-state index contributed by atoms with van der Waals surface area (Å²) in [6.45, 7) is -0.262. The van der Waals surface area contributed by atoms with E-state index in [-0.39, 0.29) is 28.6 Å². The Morgan fingerprint density at radius 1 is 1.15 bits per heavy atom. The molecule has 0 saturated carbocycles. The van der Waals surface area contributed by atoms with E-state index in [4.69, 9.17) is 28.3 Å². The predicted octanol–water partition coefficient (Wildman–Crippen LogP) is 2.81. The van der Waals surface area contributed by atoms with Crippen LogP contribution in [0.4, 0.5) is 8.78 Å². The van der Waals surface area contributed by atoms with E-state index in [1.165, 1.54) is 0 Å². The molecule has 1 N–H and O–H groups in total. The summed E-state index contributed by atoms with van der Waals surface area (Å²) < 4.78 is 25.7. The standard InChI is InChI=1S/C8H6Cl2F2O/c9-7-4(1-2-13)8(10)6(12)3-5(7)11/h3,13H,1-2H2. The molecule has 0 aromatic heterocycles. The normalized spacial score (nSPS) is 10.5. The SMILES string of the molecule is OCCc1c(Cl)c(F)cc(F)c1Cl. The Morgan fingerprint density at radius 3 is 2.00 bits per heavy atom. The number of hydrogen-bond acceptors (Lipinski definition) is 1. The molecule has 0 fully saturated rings. The van der Waals surface area contributed by atoms with Gasteiger partial charge in [-0.15, -0.1) is 0 Å². The van der Waals surface area contributed by atoms with Crippen molar-refractivity contribution in [2.75, 3.05) is 6.61 Å². The van der Waals surface area contributed by atoms with Gasteiger partial charge in [-0.05, 0) is 12.0 Å². The van der Waals surface area contributed by atoms with Gasteiger partial charge in [0.15, 0.2) is 0 Å². The molecule has 0 radical (unpaired) electrons. The molecular formula is C8H6Cl2F2O. The molecule has 1 nitrogen and oxygen atoms in total. The van der Waals surface area contributed by atoms with Crippen LogP contribution < -0.4 is 0 Å². The van der Waals surface area contributed by atoms with Gasteiger partial charge in [-0.2, -0.15) is 0 Å². The van der Waals surface area contributed by atoms with Gasteiger partial charge in [-0.3, -0.25) is 0 Å². The Labute approximate surface area is 83.9 Å². The lowest BCUT2D eigenvalue weighted by Gasteiger charge is -2.06. The lowest BCUT2D eigenvalue weighted by atomic mass is 10.1. The fourth-order valence-corrected chi connectivity index (χ4v) is 1.49. The number of aliphatic hydroxyl groups is 1. The lowest BCUT2D eigenvalue weighted by molar-refractivity contribution is 0.299. The molecule has 0 atom stereocenters. The van der Waals surface area contributed by atoms with E-state index in [1.807, 2.05) is 0 Å². The molecule has 72 valence electrons. The molecule has 0 unspecified atom stereocenters. The molecule has 0 heterocycles. The molecule has 1 aromatic rings. The van der Waals surface area contributed by atoms with Crippen molar-refractivity contribution < 1.29 is 13.9 Å². The first-order chi connectivity index (χ1) is 6.07. The Bertz CT molecular complexity index is 302. The molecule has 0 saturated heterocycles. The number of halogens is 4. The molecule has 1 aromatic carbocycles. The highest BCUT2D eigenvalue weighted by Gasteiger charge is 2.14. The molecular weight excluding hydrogens is 221 g/mol. The average Bonchev–Trinajstić information content (AvgIpc) is 2.09. The van der Waals surface area contributed by atoms with E-state index in [9.17, 15) is 8.78 Å². The van der Waals surface area contributed by atoms with Crippen molar-refractivity contribution in [2.24, 2.45) is 0 Å². The van der Waals surface area contributed by atoms with Crippen molar-refractivity contribution in [1.82, 2.24) is 0 Å². The smallest absolute Gasteiger partial charge is 0.145 e. The van der Waals surface area contributed by atoms with Gasteiger partial charge in [0, 0.05) is 12.7 Å². The van der Waals surface area contributed by atoms with E-state index in [0.29, 0.717) is 6.07 Å². The second kappa shape index (κ2) is 4.22. The van der Waals surface area contributed by atoms with Gasteiger partial charge in [0.2, 0.25) is 0 Å². The minimum Gasteiger partial charge on any atom is -0.396 e. The summed E-state index contributed by atoms with van der Waals surface area (Å²) in [6, 6.07) is 0.617. The third kappa shape index (κ3) is 2.10. The van der Waals surface area contributed by atoms with Gasteiger partial charge in [-0.1, -0.05) is 23.2 Å². The molecule has 1 rings (SSSR count). The van der Waals surface area contributed by atoms with Gasteiger partial charge in [0.1, 0.15) is 11.6 Å². The van der Waals surface area contributed by atoms with E-state index in [1.54, 1.807) is 0 Å². The monoisotopic (exact) mass is 226 g/mol. The third-order valence-corrected chi connectivity index (χ3v) is 2.38. The van der Waals surface area contributed by atoms with Gasteiger partial charge in [-0.25, -0.2) is 8.78 Å². The Morgan fingerprint density at radius 2 is 1.62 bits per heavy atom. The lowest BCUT2D eigenvalue weighted by Crippen LogP contribution is -1.97. The van der Waals surface area contributed by atoms with Crippen LogP contribution in [0.3, 0.4) is 0 Å². The highest BCUT2D eigenvalue weighted by Crippen LogP contribution is 2.30. The topological polar surface area (TPSA) is 20.2 Å². The highest BCUT2D eigenvalue weighted by molar-refractivity contribution is 6.36. The van der Waals surface area contributed by atoms with Gasteiger partial charge < -0.3 is 5.11 Å².